The van der Waals surface area contributed by atoms with Crippen molar-refractivity contribution in [3.05, 3.63) is 6.33 Å². The molecule has 0 fully saturated rings. The van der Waals surface area contributed by atoms with E-state index in [1.807, 2.05) is 6.92 Å². The third-order valence-corrected chi connectivity index (χ3v) is 2.99. The summed E-state index contributed by atoms with van der Waals surface area (Å²) in [4.78, 5) is 15.8. The summed E-state index contributed by atoms with van der Waals surface area (Å²) >= 11 is 0. The Morgan fingerprint density at radius 3 is 3.00 bits per heavy atom. The van der Waals surface area contributed by atoms with Crippen LogP contribution in [0.15, 0.2) is 6.33 Å². The molecule has 2 aromatic heterocycles. The molecule has 2 aromatic rings. The number of H-pyrrole nitrogens is 1. The van der Waals surface area contributed by atoms with Crippen LogP contribution in [0.1, 0.15) is 19.8 Å². The maximum Gasteiger partial charge on any atom is 0.226 e. The molecule has 0 saturated carbocycles. The molecular formula is C12H20N6O. The lowest BCUT2D eigenvalue weighted by Gasteiger charge is -2.10. The molecule has 104 valence electrons. The van der Waals surface area contributed by atoms with Crippen LogP contribution in [-0.4, -0.2) is 45.2 Å². The van der Waals surface area contributed by atoms with Crippen LogP contribution in [-0.2, 0) is 0 Å². The molecule has 7 nitrogen and oxygen atoms in total. The third-order valence-electron chi connectivity index (χ3n) is 2.99. The molecule has 0 bridgehead atoms. The van der Waals surface area contributed by atoms with E-state index in [1.165, 1.54) is 0 Å². The average Bonchev–Trinajstić information content (AvgIpc) is 2.91. The number of anilines is 2. The Labute approximate surface area is 111 Å². The van der Waals surface area contributed by atoms with Crippen LogP contribution < -0.4 is 10.6 Å². The number of nitrogens with zero attached hydrogens (tertiary/aromatic N) is 3. The summed E-state index contributed by atoms with van der Waals surface area (Å²) in [5.41, 5.74) is 1.46. The van der Waals surface area contributed by atoms with Crippen LogP contribution in [0.4, 0.5) is 11.8 Å². The van der Waals surface area contributed by atoms with Crippen molar-refractivity contribution in [3.8, 4) is 0 Å². The Bertz CT molecular complexity index is 526. The predicted octanol–water partition coefficient (Wildman–Crippen LogP) is 1.22. The van der Waals surface area contributed by atoms with E-state index < -0.39 is 0 Å². The summed E-state index contributed by atoms with van der Waals surface area (Å²) in [5.74, 6) is 1.64. The molecular weight excluding hydrogens is 244 g/mol. The van der Waals surface area contributed by atoms with Crippen LogP contribution in [0.5, 0.6) is 0 Å². The number of nitrogens with one attached hydrogen (secondary N) is 3. The van der Waals surface area contributed by atoms with E-state index in [0.29, 0.717) is 17.5 Å². The molecule has 19 heavy (non-hydrogen) atoms. The zero-order valence-corrected chi connectivity index (χ0v) is 11.3. The van der Waals surface area contributed by atoms with Gasteiger partial charge in [-0.15, -0.1) is 0 Å². The van der Waals surface area contributed by atoms with Crippen molar-refractivity contribution in [1.82, 2.24) is 19.9 Å². The Balaban J connectivity index is 2.01. The summed E-state index contributed by atoms with van der Waals surface area (Å²) in [6, 6.07) is 0. The first-order valence-corrected chi connectivity index (χ1v) is 6.48. The highest BCUT2D eigenvalue weighted by Gasteiger charge is 2.08. The standard InChI is InChI=1S/C12H20N6O/c1-8(6-19)4-3-5-14-10-9-11(16-7-15-9)18-12(13-2)17-10/h7-8,19H,3-6H2,1-2H3,(H3,13,14,15,16,17,18). The van der Waals surface area contributed by atoms with Gasteiger partial charge in [0.05, 0.1) is 6.33 Å². The van der Waals surface area contributed by atoms with Gasteiger partial charge in [-0.05, 0) is 18.8 Å². The number of hydrogen-bond donors (Lipinski definition) is 4. The molecule has 0 aromatic carbocycles. The normalized spacial score (nSPS) is 12.6. The van der Waals surface area contributed by atoms with Gasteiger partial charge in [-0.25, -0.2) is 4.98 Å². The third kappa shape index (κ3) is 3.31. The quantitative estimate of drug-likeness (QED) is 0.561. The fraction of sp³-hybridized carbons (Fsp3) is 0.583. The SMILES string of the molecule is CNc1nc(NCCCC(C)CO)c2[nH]cnc2n1. The molecule has 0 aliphatic rings. The van der Waals surface area contributed by atoms with Gasteiger partial charge in [0.2, 0.25) is 5.95 Å². The van der Waals surface area contributed by atoms with Crippen LogP contribution in [0.3, 0.4) is 0 Å². The molecule has 0 spiro atoms. The highest BCUT2D eigenvalue weighted by molar-refractivity contribution is 5.83. The predicted molar refractivity (Wildman–Crippen MR) is 75.2 cm³/mol. The molecule has 0 saturated heterocycles. The van der Waals surface area contributed by atoms with Gasteiger partial charge in [-0.2, -0.15) is 9.97 Å². The van der Waals surface area contributed by atoms with Crippen LogP contribution in [0.2, 0.25) is 0 Å². The summed E-state index contributed by atoms with van der Waals surface area (Å²) < 4.78 is 0. The fourth-order valence-corrected chi connectivity index (χ4v) is 1.82. The van der Waals surface area contributed by atoms with Gasteiger partial charge in [0, 0.05) is 20.2 Å². The molecule has 0 aliphatic carbocycles. The number of hydrogen-bond acceptors (Lipinski definition) is 6. The number of aromatic nitrogens is 4. The van der Waals surface area contributed by atoms with Crippen LogP contribution >= 0.6 is 0 Å². The highest BCUT2D eigenvalue weighted by Crippen LogP contribution is 2.18. The number of aliphatic hydroxyl groups excluding tert-OH is 1. The minimum Gasteiger partial charge on any atom is -0.396 e. The number of imidazole rings is 1. The minimum absolute atomic E-state index is 0.238. The van der Waals surface area contributed by atoms with E-state index >= 15 is 0 Å². The molecule has 0 radical (unpaired) electrons. The Hall–Kier alpha value is -1.89. The van der Waals surface area contributed by atoms with Gasteiger partial charge in [0.15, 0.2) is 11.5 Å². The molecule has 2 rings (SSSR count). The van der Waals surface area contributed by atoms with Crippen LogP contribution in [0, 0.1) is 5.92 Å². The van der Waals surface area contributed by atoms with Gasteiger partial charge in [-0.3, -0.25) is 0 Å². The first kappa shape index (κ1) is 13.5. The van der Waals surface area contributed by atoms with Gasteiger partial charge in [-0.1, -0.05) is 6.92 Å². The fourth-order valence-electron chi connectivity index (χ4n) is 1.82. The summed E-state index contributed by atoms with van der Waals surface area (Å²) in [6.45, 7) is 3.08. The summed E-state index contributed by atoms with van der Waals surface area (Å²) in [7, 11) is 1.78. The lowest BCUT2D eigenvalue weighted by Crippen LogP contribution is -2.09. The van der Waals surface area contributed by atoms with Gasteiger partial charge >= 0.3 is 0 Å². The summed E-state index contributed by atoms with van der Waals surface area (Å²) in [5, 5.41) is 15.2. The largest absolute Gasteiger partial charge is 0.396 e. The summed E-state index contributed by atoms with van der Waals surface area (Å²) in [6.07, 6.45) is 3.58. The maximum absolute atomic E-state index is 8.97. The second-order valence-corrected chi connectivity index (χ2v) is 4.60. The van der Waals surface area contributed by atoms with E-state index in [0.717, 1.165) is 30.7 Å². The molecule has 4 N–H and O–H groups in total. The number of fused-ring (bicyclic) bond motifs is 1. The zero-order valence-electron chi connectivity index (χ0n) is 11.3. The topological polar surface area (TPSA) is 98.8 Å². The zero-order chi connectivity index (χ0) is 13.7. The first-order valence-electron chi connectivity index (χ1n) is 6.48. The second kappa shape index (κ2) is 6.33. The molecule has 0 amide bonds. The minimum atomic E-state index is 0.238. The van der Waals surface area contributed by atoms with Gasteiger partial charge < -0.3 is 20.7 Å². The van der Waals surface area contributed by atoms with E-state index in [1.54, 1.807) is 13.4 Å². The van der Waals surface area contributed by atoms with E-state index in [2.05, 4.69) is 30.6 Å². The molecule has 0 aliphatic heterocycles. The van der Waals surface area contributed by atoms with Crippen molar-refractivity contribution in [2.45, 2.75) is 19.8 Å². The molecule has 7 heteroatoms. The van der Waals surface area contributed by atoms with Gasteiger partial charge in [0.25, 0.3) is 0 Å². The van der Waals surface area contributed by atoms with Crippen molar-refractivity contribution in [2.75, 3.05) is 30.8 Å². The van der Waals surface area contributed by atoms with E-state index in [9.17, 15) is 0 Å². The van der Waals surface area contributed by atoms with E-state index in [-0.39, 0.29) is 6.61 Å². The van der Waals surface area contributed by atoms with Crippen molar-refractivity contribution >= 4 is 22.9 Å². The number of aromatic amines is 1. The number of aliphatic hydroxyl groups is 1. The van der Waals surface area contributed by atoms with Gasteiger partial charge in [0.1, 0.15) is 5.52 Å². The lowest BCUT2D eigenvalue weighted by molar-refractivity contribution is 0.229. The maximum atomic E-state index is 8.97. The molecule has 2 heterocycles. The lowest BCUT2D eigenvalue weighted by atomic mass is 10.1. The van der Waals surface area contributed by atoms with Crippen LogP contribution in [0.25, 0.3) is 11.2 Å². The van der Waals surface area contributed by atoms with Crippen molar-refractivity contribution in [2.24, 2.45) is 5.92 Å². The smallest absolute Gasteiger partial charge is 0.226 e. The Kier molecular flexibility index (Phi) is 4.51. The average molecular weight is 264 g/mol. The first-order chi connectivity index (χ1) is 9.24. The Morgan fingerprint density at radius 2 is 2.26 bits per heavy atom. The molecule has 1 unspecified atom stereocenters. The molecule has 1 atom stereocenters. The Morgan fingerprint density at radius 1 is 1.42 bits per heavy atom. The van der Waals surface area contributed by atoms with Crippen molar-refractivity contribution in [1.29, 1.82) is 0 Å². The number of rotatable bonds is 7. The second-order valence-electron chi connectivity index (χ2n) is 4.60. The van der Waals surface area contributed by atoms with E-state index in [4.69, 9.17) is 5.11 Å². The van der Waals surface area contributed by atoms with Crippen molar-refractivity contribution < 1.29 is 5.11 Å². The highest BCUT2D eigenvalue weighted by atomic mass is 16.3. The monoisotopic (exact) mass is 264 g/mol. The van der Waals surface area contributed by atoms with Crippen molar-refractivity contribution in [3.63, 3.8) is 0 Å².